The molecule has 0 aliphatic heterocycles. The summed E-state index contributed by atoms with van der Waals surface area (Å²) in [6.45, 7) is 6.39. The molecule has 0 heterocycles. The fraction of sp³-hybridized carbons (Fsp3) is 0.780. The van der Waals surface area contributed by atoms with Gasteiger partial charge in [0.15, 0.2) is 0 Å². The second-order valence-electron chi connectivity index (χ2n) is 13.0. The standard InChI is InChI=1S/C41H75NO3/c1-5-7-9-11-13-15-17-19-21-23-25-27-29-31-33-35-37-44-40(38-42(3)4)39-45-41(43)36-34-32-30-28-26-24-22-20-18-16-14-12-10-8-6-2/h13-16,19-22,40H,5-12,17-18,23-39H2,1-4H3/b15-13-,16-14-,21-19-,22-20-. The van der Waals surface area contributed by atoms with Crippen LogP contribution >= 0.6 is 0 Å². The number of rotatable bonds is 34. The Hall–Kier alpha value is -1.65. The van der Waals surface area contributed by atoms with Gasteiger partial charge >= 0.3 is 5.97 Å². The largest absolute Gasteiger partial charge is 0.463 e. The third kappa shape index (κ3) is 36.7. The second kappa shape index (κ2) is 36.8. The summed E-state index contributed by atoms with van der Waals surface area (Å²) in [4.78, 5) is 14.4. The van der Waals surface area contributed by atoms with E-state index in [1.807, 2.05) is 14.1 Å². The maximum Gasteiger partial charge on any atom is 0.305 e. The van der Waals surface area contributed by atoms with Crippen molar-refractivity contribution in [3.63, 3.8) is 0 Å². The minimum atomic E-state index is -0.0817. The van der Waals surface area contributed by atoms with E-state index in [4.69, 9.17) is 9.47 Å². The monoisotopic (exact) mass is 630 g/mol. The summed E-state index contributed by atoms with van der Waals surface area (Å²) in [6.07, 6.45) is 47.0. The number of carbonyl (C=O) groups excluding carboxylic acids is 1. The van der Waals surface area contributed by atoms with E-state index < -0.39 is 0 Å². The van der Waals surface area contributed by atoms with Gasteiger partial charge in [-0.3, -0.25) is 4.79 Å². The molecule has 0 amide bonds. The Kier molecular flexibility index (Phi) is 35.5. The van der Waals surface area contributed by atoms with Crippen molar-refractivity contribution in [1.29, 1.82) is 0 Å². The maximum absolute atomic E-state index is 12.3. The molecule has 0 aromatic rings. The summed E-state index contributed by atoms with van der Waals surface area (Å²) in [5, 5.41) is 0. The number of hydrogen-bond donors (Lipinski definition) is 0. The highest BCUT2D eigenvalue weighted by Crippen LogP contribution is 2.11. The van der Waals surface area contributed by atoms with Crippen molar-refractivity contribution in [3.05, 3.63) is 48.6 Å². The summed E-state index contributed by atoms with van der Waals surface area (Å²) in [5.74, 6) is -0.0817. The highest BCUT2D eigenvalue weighted by atomic mass is 16.6. The lowest BCUT2D eigenvalue weighted by Crippen LogP contribution is -2.33. The highest BCUT2D eigenvalue weighted by Gasteiger charge is 2.13. The van der Waals surface area contributed by atoms with Crippen molar-refractivity contribution in [2.75, 3.05) is 33.9 Å². The van der Waals surface area contributed by atoms with E-state index in [0.717, 1.165) is 51.7 Å². The van der Waals surface area contributed by atoms with Crippen molar-refractivity contribution in [1.82, 2.24) is 4.90 Å². The molecule has 0 saturated carbocycles. The van der Waals surface area contributed by atoms with E-state index in [1.54, 1.807) is 0 Å². The second-order valence-corrected chi connectivity index (χ2v) is 13.0. The van der Waals surface area contributed by atoms with Crippen LogP contribution in [0.1, 0.15) is 168 Å². The highest BCUT2D eigenvalue weighted by molar-refractivity contribution is 5.69. The molecule has 0 rings (SSSR count). The molecule has 0 radical (unpaired) electrons. The van der Waals surface area contributed by atoms with Gasteiger partial charge in [0.05, 0.1) is 0 Å². The van der Waals surface area contributed by atoms with Crippen LogP contribution in [0.4, 0.5) is 0 Å². The van der Waals surface area contributed by atoms with E-state index in [2.05, 4.69) is 67.4 Å². The van der Waals surface area contributed by atoms with Gasteiger partial charge in [-0.05, 0) is 91.1 Å². The van der Waals surface area contributed by atoms with Crippen molar-refractivity contribution in [2.24, 2.45) is 0 Å². The summed E-state index contributed by atoms with van der Waals surface area (Å²) in [6, 6.07) is 0. The van der Waals surface area contributed by atoms with Crippen LogP contribution in [0.15, 0.2) is 48.6 Å². The number of hydrogen-bond acceptors (Lipinski definition) is 4. The Labute approximate surface area is 281 Å². The lowest BCUT2D eigenvalue weighted by Gasteiger charge is -2.21. The van der Waals surface area contributed by atoms with Crippen LogP contribution in [-0.2, 0) is 14.3 Å². The van der Waals surface area contributed by atoms with E-state index in [0.29, 0.717) is 13.0 Å². The first-order valence-corrected chi connectivity index (χ1v) is 19.1. The molecule has 0 N–H and O–H groups in total. The number of nitrogens with zero attached hydrogens (tertiary/aromatic N) is 1. The molecular formula is C41H75NO3. The number of allylic oxidation sites excluding steroid dienone is 8. The lowest BCUT2D eigenvalue weighted by molar-refractivity contribution is -0.148. The normalized spacial score (nSPS) is 13.0. The molecule has 4 nitrogen and oxygen atoms in total. The smallest absolute Gasteiger partial charge is 0.305 e. The van der Waals surface area contributed by atoms with E-state index >= 15 is 0 Å². The van der Waals surface area contributed by atoms with Crippen LogP contribution in [-0.4, -0.2) is 50.8 Å². The van der Waals surface area contributed by atoms with Crippen molar-refractivity contribution >= 4 is 5.97 Å². The van der Waals surface area contributed by atoms with Crippen LogP contribution in [0.25, 0.3) is 0 Å². The molecule has 0 aromatic carbocycles. The number of ether oxygens (including phenoxy) is 2. The Bertz CT molecular complexity index is 724. The minimum Gasteiger partial charge on any atom is -0.463 e. The number of esters is 1. The SMILES string of the molecule is CCCCC/C=C\C/C=C\CCCCCCCCOC(COC(=O)CCCCCCC/C=C\C/C=C\CCCCC)CN(C)C. The minimum absolute atomic E-state index is 0.0495. The molecule has 4 heteroatoms. The first-order chi connectivity index (χ1) is 22.1. The number of unbranched alkanes of at least 4 members (excludes halogenated alkanes) is 17. The molecule has 1 atom stereocenters. The summed E-state index contributed by atoms with van der Waals surface area (Å²) >= 11 is 0. The zero-order valence-electron chi connectivity index (χ0n) is 30.5. The molecule has 0 aromatic heterocycles. The fourth-order valence-corrected chi connectivity index (χ4v) is 5.24. The van der Waals surface area contributed by atoms with Gasteiger partial charge < -0.3 is 14.4 Å². The van der Waals surface area contributed by atoms with E-state index in [1.165, 1.54) is 109 Å². The van der Waals surface area contributed by atoms with Crippen LogP contribution in [0.3, 0.4) is 0 Å². The Morgan fingerprint density at radius 1 is 0.556 bits per heavy atom. The van der Waals surface area contributed by atoms with Crippen LogP contribution in [0.2, 0.25) is 0 Å². The van der Waals surface area contributed by atoms with Crippen LogP contribution in [0.5, 0.6) is 0 Å². The predicted octanol–water partition coefficient (Wildman–Crippen LogP) is 12.1. The molecule has 0 saturated heterocycles. The quantitative estimate of drug-likeness (QED) is 0.0403. The molecule has 1 unspecified atom stereocenters. The average molecular weight is 630 g/mol. The molecular weight excluding hydrogens is 554 g/mol. The van der Waals surface area contributed by atoms with Gasteiger partial charge in [0, 0.05) is 19.6 Å². The Morgan fingerprint density at radius 2 is 0.978 bits per heavy atom. The van der Waals surface area contributed by atoms with Crippen LogP contribution < -0.4 is 0 Å². The third-order valence-electron chi connectivity index (χ3n) is 8.03. The summed E-state index contributed by atoms with van der Waals surface area (Å²) in [5.41, 5.74) is 0. The molecule has 45 heavy (non-hydrogen) atoms. The average Bonchev–Trinajstić information content (AvgIpc) is 3.02. The maximum atomic E-state index is 12.3. The van der Waals surface area contributed by atoms with E-state index in [-0.39, 0.29) is 12.1 Å². The van der Waals surface area contributed by atoms with E-state index in [9.17, 15) is 4.79 Å². The molecule has 0 bridgehead atoms. The fourth-order valence-electron chi connectivity index (χ4n) is 5.24. The zero-order chi connectivity index (χ0) is 32.9. The Balaban J connectivity index is 3.71. The molecule has 0 aliphatic carbocycles. The number of likely N-dealkylation sites (N-methyl/N-ethyl adjacent to an activating group) is 1. The lowest BCUT2D eigenvalue weighted by atomic mass is 10.1. The van der Waals surface area contributed by atoms with Gasteiger partial charge in [-0.2, -0.15) is 0 Å². The van der Waals surface area contributed by atoms with Gasteiger partial charge in [0.2, 0.25) is 0 Å². The third-order valence-corrected chi connectivity index (χ3v) is 8.03. The molecule has 262 valence electrons. The summed E-state index contributed by atoms with van der Waals surface area (Å²) in [7, 11) is 4.09. The van der Waals surface area contributed by atoms with Gasteiger partial charge in [0.25, 0.3) is 0 Å². The van der Waals surface area contributed by atoms with Gasteiger partial charge in [-0.25, -0.2) is 0 Å². The molecule has 0 spiro atoms. The van der Waals surface area contributed by atoms with Crippen LogP contribution in [0, 0.1) is 0 Å². The van der Waals surface area contributed by atoms with Gasteiger partial charge in [-0.15, -0.1) is 0 Å². The Morgan fingerprint density at radius 3 is 1.44 bits per heavy atom. The first-order valence-electron chi connectivity index (χ1n) is 19.1. The van der Waals surface area contributed by atoms with Crippen molar-refractivity contribution in [2.45, 2.75) is 174 Å². The van der Waals surface area contributed by atoms with Gasteiger partial charge in [-0.1, -0.05) is 133 Å². The molecule has 0 aliphatic rings. The number of carbonyl (C=O) groups is 1. The van der Waals surface area contributed by atoms with Crippen molar-refractivity contribution < 1.29 is 14.3 Å². The predicted molar refractivity (Wildman–Crippen MR) is 198 cm³/mol. The molecule has 0 fully saturated rings. The first kappa shape index (κ1) is 43.4. The summed E-state index contributed by atoms with van der Waals surface area (Å²) < 4.78 is 11.7. The van der Waals surface area contributed by atoms with Gasteiger partial charge in [0.1, 0.15) is 12.7 Å². The zero-order valence-corrected chi connectivity index (χ0v) is 30.5. The van der Waals surface area contributed by atoms with Crippen molar-refractivity contribution in [3.8, 4) is 0 Å². The topological polar surface area (TPSA) is 38.8 Å².